The zero-order valence-corrected chi connectivity index (χ0v) is 11.6. The van der Waals surface area contributed by atoms with Crippen LogP contribution >= 0.6 is 0 Å². The van der Waals surface area contributed by atoms with E-state index in [4.69, 9.17) is 5.11 Å². The number of nitrogens with one attached hydrogen (secondary N) is 1. The van der Waals surface area contributed by atoms with Crippen molar-refractivity contribution in [2.75, 3.05) is 0 Å². The molecule has 2 aromatic carbocycles. The molecule has 0 amide bonds. The van der Waals surface area contributed by atoms with Crippen molar-refractivity contribution in [3.05, 3.63) is 42.5 Å². The van der Waals surface area contributed by atoms with Gasteiger partial charge in [-0.05, 0) is 22.9 Å². The van der Waals surface area contributed by atoms with E-state index in [-0.39, 0.29) is 4.90 Å². The molecule has 21 heavy (non-hydrogen) atoms. The van der Waals surface area contributed by atoms with Gasteiger partial charge in [-0.25, -0.2) is 8.42 Å². The fourth-order valence-corrected chi connectivity index (χ4v) is 3.04. The highest BCUT2D eigenvalue weighted by molar-refractivity contribution is 7.89. The SMILES string of the molecule is O=[C][C@@H](CC(=O)O)NS(=O)(=O)c1ccc2ccccc2c1. The molecule has 0 saturated carbocycles. The molecule has 0 aliphatic rings. The Morgan fingerprint density at radius 3 is 2.48 bits per heavy atom. The second-order valence-corrected chi connectivity index (χ2v) is 6.11. The van der Waals surface area contributed by atoms with Crippen molar-refractivity contribution in [1.29, 1.82) is 0 Å². The molecule has 109 valence electrons. The number of hydrogen-bond donors (Lipinski definition) is 2. The molecule has 2 aromatic rings. The van der Waals surface area contributed by atoms with Gasteiger partial charge in [-0.1, -0.05) is 30.3 Å². The Morgan fingerprint density at radius 1 is 1.19 bits per heavy atom. The molecule has 0 fully saturated rings. The maximum atomic E-state index is 12.1. The number of carbonyl (C=O) groups excluding carboxylic acids is 1. The van der Waals surface area contributed by atoms with E-state index in [1.165, 1.54) is 18.4 Å². The molecule has 0 aliphatic heterocycles. The van der Waals surface area contributed by atoms with Crippen LogP contribution in [0.5, 0.6) is 0 Å². The summed E-state index contributed by atoms with van der Waals surface area (Å²) in [7, 11) is -3.98. The van der Waals surface area contributed by atoms with Gasteiger partial charge in [0.05, 0.1) is 17.4 Å². The van der Waals surface area contributed by atoms with Crippen LogP contribution in [0.3, 0.4) is 0 Å². The average Bonchev–Trinajstić information content (AvgIpc) is 2.45. The van der Waals surface area contributed by atoms with Crippen LogP contribution in [0.2, 0.25) is 0 Å². The van der Waals surface area contributed by atoms with Crippen molar-refractivity contribution < 1.29 is 23.1 Å². The van der Waals surface area contributed by atoms with Crippen molar-refractivity contribution in [2.45, 2.75) is 17.4 Å². The predicted octanol–water partition coefficient (Wildman–Crippen LogP) is 1.07. The van der Waals surface area contributed by atoms with Crippen LogP contribution in [0.15, 0.2) is 47.4 Å². The molecule has 1 atom stereocenters. The molecule has 2 N–H and O–H groups in total. The van der Waals surface area contributed by atoms with Gasteiger partial charge < -0.3 is 5.11 Å². The minimum atomic E-state index is -3.98. The van der Waals surface area contributed by atoms with E-state index in [1.807, 2.05) is 16.9 Å². The van der Waals surface area contributed by atoms with E-state index < -0.39 is 28.5 Å². The number of hydrogen-bond acceptors (Lipinski definition) is 4. The third kappa shape index (κ3) is 3.65. The fourth-order valence-electron chi connectivity index (χ4n) is 1.87. The zero-order chi connectivity index (χ0) is 15.5. The van der Waals surface area contributed by atoms with Gasteiger partial charge >= 0.3 is 5.97 Å². The van der Waals surface area contributed by atoms with Crippen LogP contribution < -0.4 is 4.72 Å². The van der Waals surface area contributed by atoms with Gasteiger partial charge in [0.1, 0.15) is 0 Å². The quantitative estimate of drug-likeness (QED) is 0.831. The molecule has 0 heterocycles. The van der Waals surface area contributed by atoms with Gasteiger partial charge in [-0.15, -0.1) is 0 Å². The molecule has 2 rings (SSSR count). The number of carbonyl (C=O) groups is 1. The molecular formula is C14H12NO5S. The third-order valence-electron chi connectivity index (χ3n) is 2.85. The smallest absolute Gasteiger partial charge is 0.305 e. The van der Waals surface area contributed by atoms with Gasteiger partial charge in [0.2, 0.25) is 16.3 Å². The average molecular weight is 306 g/mol. The monoisotopic (exact) mass is 306 g/mol. The van der Waals surface area contributed by atoms with Crippen LogP contribution in [0.1, 0.15) is 6.42 Å². The molecule has 0 spiro atoms. The Hall–Kier alpha value is -2.25. The van der Waals surface area contributed by atoms with E-state index in [0.717, 1.165) is 10.8 Å². The van der Waals surface area contributed by atoms with E-state index in [2.05, 4.69) is 0 Å². The molecule has 0 aliphatic carbocycles. The van der Waals surface area contributed by atoms with Crippen LogP contribution in [-0.2, 0) is 19.6 Å². The number of sulfonamides is 1. The standard InChI is InChI=1S/C14H12NO5S/c16-9-12(8-14(17)18)15-21(19,20)13-6-5-10-3-1-2-4-11(10)7-13/h1-7,12,15H,8H2,(H,17,18)/t12-/m1/s1. The molecule has 1 radical (unpaired) electrons. The molecule has 6 nitrogen and oxygen atoms in total. The Balaban J connectivity index is 2.32. The first-order valence-corrected chi connectivity index (χ1v) is 7.51. The summed E-state index contributed by atoms with van der Waals surface area (Å²) in [5.74, 6) is -1.29. The summed E-state index contributed by atoms with van der Waals surface area (Å²) in [5.41, 5.74) is 0. The second kappa shape index (κ2) is 6.02. The van der Waals surface area contributed by atoms with Crippen molar-refractivity contribution in [3.63, 3.8) is 0 Å². The lowest BCUT2D eigenvalue weighted by Crippen LogP contribution is -2.37. The maximum absolute atomic E-state index is 12.1. The predicted molar refractivity (Wildman–Crippen MR) is 76.0 cm³/mol. The minimum absolute atomic E-state index is 0.0353. The third-order valence-corrected chi connectivity index (χ3v) is 4.32. The number of carboxylic acid groups (broad SMARTS) is 1. The Morgan fingerprint density at radius 2 is 1.86 bits per heavy atom. The van der Waals surface area contributed by atoms with Crippen molar-refractivity contribution in [3.8, 4) is 0 Å². The Kier molecular flexibility index (Phi) is 4.35. The lowest BCUT2D eigenvalue weighted by molar-refractivity contribution is -0.137. The van der Waals surface area contributed by atoms with Crippen LogP contribution in [-0.4, -0.2) is 31.8 Å². The summed E-state index contributed by atoms with van der Waals surface area (Å²) >= 11 is 0. The van der Waals surface area contributed by atoms with Gasteiger partial charge in [0.15, 0.2) is 0 Å². The summed E-state index contributed by atoms with van der Waals surface area (Å²) in [4.78, 5) is 21.2. The highest BCUT2D eigenvalue weighted by atomic mass is 32.2. The van der Waals surface area contributed by atoms with Gasteiger partial charge in [-0.3, -0.25) is 9.59 Å². The topological polar surface area (TPSA) is 101 Å². The normalized spacial score (nSPS) is 13.0. The minimum Gasteiger partial charge on any atom is -0.481 e. The molecule has 0 unspecified atom stereocenters. The summed E-state index contributed by atoms with van der Waals surface area (Å²) in [6.45, 7) is 0. The first-order valence-electron chi connectivity index (χ1n) is 6.03. The van der Waals surface area contributed by atoms with E-state index in [0.29, 0.717) is 0 Å². The molecule has 7 heteroatoms. The lowest BCUT2D eigenvalue weighted by Gasteiger charge is -2.11. The Bertz CT molecular complexity index is 785. The van der Waals surface area contributed by atoms with E-state index in [1.54, 1.807) is 18.2 Å². The summed E-state index contributed by atoms with van der Waals surface area (Å²) in [6.07, 6.45) is 0.719. The zero-order valence-electron chi connectivity index (χ0n) is 10.8. The fraction of sp³-hybridized carbons (Fsp3) is 0.143. The highest BCUT2D eigenvalue weighted by Crippen LogP contribution is 2.19. The lowest BCUT2D eigenvalue weighted by atomic mass is 10.1. The Labute approximate surface area is 121 Å². The number of fused-ring (bicyclic) bond motifs is 1. The molecule has 0 aromatic heterocycles. The first-order chi connectivity index (χ1) is 9.92. The molecular weight excluding hydrogens is 294 g/mol. The van der Waals surface area contributed by atoms with Gasteiger partial charge in [-0.2, -0.15) is 4.72 Å². The van der Waals surface area contributed by atoms with E-state index in [9.17, 15) is 18.0 Å². The number of aliphatic carboxylic acids is 1. The van der Waals surface area contributed by atoms with Crippen LogP contribution in [0.4, 0.5) is 0 Å². The van der Waals surface area contributed by atoms with Crippen molar-refractivity contribution in [1.82, 2.24) is 4.72 Å². The van der Waals surface area contributed by atoms with Crippen LogP contribution in [0.25, 0.3) is 10.8 Å². The second-order valence-electron chi connectivity index (χ2n) is 4.40. The number of benzene rings is 2. The summed E-state index contributed by atoms with van der Waals surface area (Å²) < 4.78 is 26.3. The first kappa shape index (κ1) is 15.1. The molecule has 0 bridgehead atoms. The van der Waals surface area contributed by atoms with Crippen molar-refractivity contribution >= 4 is 33.1 Å². The van der Waals surface area contributed by atoms with Gasteiger partial charge in [0, 0.05) is 0 Å². The van der Waals surface area contributed by atoms with Gasteiger partial charge in [0.25, 0.3) is 0 Å². The largest absolute Gasteiger partial charge is 0.481 e. The number of carboxylic acids is 1. The summed E-state index contributed by atoms with van der Waals surface area (Å²) in [5, 5.41) is 10.2. The van der Waals surface area contributed by atoms with Crippen molar-refractivity contribution in [2.24, 2.45) is 0 Å². The number of rotatable bonds is 6. The summed E-state index contributed by atoms with van der Waals surface area (Å²) in [6, 6.07) is 10.3. The molecule has 0 saturated heterocycles. The highest BCUT2D eigenvalue weighted by Gasteiger charge is 2.22. The maximum Gasteiger partial charge on any atom is 0.305 e. The van der Waals surface area contributed by atoms with Crippen LogP contribution in [0, 0.1) is 0 Å². The van der Waals surface area contributed by atoms with E-state index >= 15 is 0 Å².